The summed E-state index contributed by atoms with van der Waals surface area (Å²) in [6.45, 7) is 3.01. The van der Waals surface area contributed by atoms with Gasteiger partial charge in [0.05, 0.1) is 12.8 Å². The Kier molecular flexibility index (Phi) is 4.95. The van der Waals surface area contributed by atoms with Gasteiger partial charge >= 0.3 is 0 Å². The minimum absolute atomic E-state index is 0.258. The van der Waals surface area contributed by atoms with Crippen LogP contribution in [0.25, 0.3) is 16.5 Å². The zero-order chi connectivity index (χ0) is 18.6. The minimum Gasteiger partial charge on any atom is -0.495 e. The molecule has 0 aliphatic carbocycles. The second-order valence-corrected chi connectivity index (χ2v) is 6.77. The van der Waals surface area contributed by atoms with Crippen molar-refractivity contribution in [2.24, 2.45) is 0 Å². The van der Waals surface area contributed by atoms with Gasteiger partial charge in [-0.2, -0.15) is 0 Å². The van der Waals surface area contributed by atoms with Crippen molar-refractivity contribution in [3.8, 4) is 11.4 Å². The smallest absolute Gasteiger partial charge is 0.142 e. The Labute approximate surface area is 160 Å². The number of fused-ring (bicyclic) bond motifs is 1. The fourth-order valence-electron chi connectivity index (χ4n) is 3.55. The lowest BCUT2D eigenvalue weighted by atomic mass is 9.99. The van der Waals surface area contributed by atoms with Crippen molar-refractivity contribution in [3.63, 3.8) is 0 Å². The van der Waals surface area contributed by atoms with Crippen molar-refractivity contribution < 1.29 is 4.74 Å². The van der Waals surface area contributed by atoms with Crippen molar-refractivity contribution >= 4 is 10.8 Å². The van der Waals surface area contributed by atoms with Gasteiger partial charge < -0.3 is 14.6 Å². The van der Waals surface area contributed by atoms with E-state index in [0.29, 0.717) is 0 Å². The zero-order valence-corrected chi connectivity index (χ0v) is 15.7. The van der Waals surface area contributed by atoms with E-state index in [2.05, 4.69) is 71.4 Å². The van der Waals surface area contributed by atoms with Crippen LogP contribution in [0.15, 0.2) is 85.2 Å². The van der Waals surface area contributed by atoms with Crippen molar-refractivity contribution in [3.05, 3.63) is 96.3 Å². The molecule has 0 saturated carbocycles. The topological polar surface area (TPSA) is 26.2 Å². The first-order chi connectivity index (χ1) is 13.3. The number of aromatic nitrogens is 1. The first-order valence-electron chi connectivity index (χ1n) is 9.27. The third-order valence-corrected chi connectivity index (χ3v) is 5.03. The second kappa shape index (κ2) is 7.68. The molecule has 0 aliphatic heterocycles. The second-order valence-electron chi connectivity index (χ2n) is 6.77. The Balaban J connectivity index is 1.55. The van der Waals surface area contributed by atoms with E-state index >= 15 is 0 Å². The van der Waals surface area contributed by atoms with Gasteiger partial charge in [0.1, 0.15) is 5.75 Å². The highest BCUT2D eigenvalue weighted by Crippen LogP contribution is 2.26. The normalized spacial score (nSPS) is 12.2. The first kappa shape index (κ1) is 17.4. The average molecular weight is 356 g/mol. The van der Waals surface area contributed by atoms with Crippen molar-refractivity contribution in [1.29, 1.82) is 0 Å². The predicted octanol–water partition coefficient (Wildman–Crippen LogP) is 5.49. The highest BCUT2D eigenvalue weighted by molar-refractivity contribution is 5.86. The fraction of sp³-hybridized carbons (Fsp3) is 0.167. The van der Waals surface area contributed by atoms with Crippen molar-refractivity contribution in [2.45, 2.75) is 19.5 Å². The maximum Gasteiger partial charge on any atom is 0.142 e. The summed E-state index contributed by atoms with van der Waals surface area (Å²) >= 11 is 0. The minimum atomic E-state index is 0.258. The number of hydrogen-bond donors (Lipinski definition) is 1. The third kappa shape index (κ3) is 3.60. The molecule has 4 aromatic rings. The largest absolute Gasteiger partial charge is 0.495 e. The highest BCUT2D eigenvalue weighted by atomic mass is 16.5. The summed E-state index contributed by atoms with van der Waals surface area (Å²) in [6.07, 6.45) is 4.07. The molecule has 3 nitrogen and oxygen atoms in total. The first-order valence-corrected chi connectivity index (χ1v) is 9.27. The molecule has 0 aliphatic rings. The lowest BCUT2D eigenvalue weighted by molar-refractivity contribution is 0.412. The highest BCUT2D eigenvalue weighted by Gasteiger charge is 2.10. The molecule has 4 rings (SSSR count). The van der Waals surface area contributed by atoms with Crippen LogP contribution in [0, 0.1) is 0 Å². The molecule has 1 heterocycles. The Morgan fingerprint density at radius 3 is 2.52 bits per heavy atom. The van der Waals surface area contributed by atoms with Gasteiger partial charge in [-0.15, -0.1) is 0 Å². The van der Waals surface area contributed by atoms with Gasteiger partial charge in [0.2, 0.25) is 0 Å². The molecule has 0 fully saturated rings. The van der Waals surface area contributed by atoms with E-state index in [1.54, 1.807) is 7.11 Å². The van der Waals surface area contributed by atoms with Crippen LogP contribution >= 0.6 is 0 Å². The van der Waals surface area contributed by atoms with Crippen LogP contribution in [0.3, 0.4) is 0 Å². The standard InChI is InChI=1S/C24H24N2O/c1-18(21-11-7-9-20-8-3-4-10-22(20)21)25-17-19-12-13-24(27-2)23(16-19)26-14-5-6-15-26/h3-16,18,25H,17H2,1-2H3/t18-/m1/s1. The summed E-state index contributed by atoms with van der Waals surface area (Å²) in [5, 5.41) is 6.26. The lowest BCUT2D eigenvalue weighted by Gasteiger charge is -2.18. The summed E-state index contributed by atoms with van der Waals surface area (Å²) in [5.41, 5.74) is 3.61. The number of benzene rings is 3. The number of methoxy groups -OCH3 is 1. The van der Waals surface area contributed by atoms with Crippen LogP contribution in [0.4, 0.5) is 0 Å². The Hall–Kier alpha value is -3.04. The van der Waals surface area contributed by atoms with Gasteiger partial charge in [-0.1, -0.05) is 48.5 Å². The lowest BCUT2D eigenvalue weighted by Crippen LogP contribution is -2.18. The molecule has 27 heavy (non-hydrogen) atoms. The van der Waals surface area contributed by atoms with Crippen LogP contribution in [0.2, 0.25) is 0 Å². The van der Waals surface area contributed by atoms with Gasteiger partial charge in [0.15, 0.2) is 0 Å². The molecule has 0 unspecified atom stereocenters. The number of rotatable bonds is 6. The monoisotopic (exact) mass is 356 g/mol. The Morgan fingerprint density at radius 1 is 0.926 bits per heavy atom. The SMILES string of the molecule is COc1ccc(CN[C@H](C)c2cccc3ccccc23)cc1-n1cccc1. The molecule has 3 heteroatoms. The van der Waals surface area contributed by atoms with Crippen LogP contribution in [-0.4, -0.2) is 11.7 Å². The molecular formula is C24H24N2O. The molecule has 136 valence electrons. The number of ether oxygens (including phenoxy) is 1. The van der Waals surface area contributed by atoms with Crippen LogP contribution in [0.1, 0.15) is 24.1 Å². The molecule has 1 atom stereocenters. The molecule has 0 spiro atoms. The van der Waals surface area contributed by atoms with Crippen LogP contribution in [-0.2, 0) is 6.54 Å². The number of nitrogens with one attached hydrogen (secondary N) is 1. The number of hydrogen-bond acceptors (Lipinski definition) is 2. The van der Waals surface area contributed by atoms with Gasteiger partial charge in [-0.3, -0.25) is 0 Å². The Morgan fingerprint density at radius 2 is 1.70 bits per heavy atom. The molecule has 0 amide bonds. The summed E-state index contributed by atoms with van der Waals surface area (Å²) in [4.78, 5) is 0. The average Bonchev–Trinajstić information content (AvgIpc) is 3.26. The molecule has 0 saturated heterocycles. The fourth-order valence-corrected chi connectivity index (χ4v) is 3.55. The summed E-state index contributed by atoms with van der Waals surface area (Å²) in [6, 6.07) is 25.7. The summed E-state index contributed by atoms with van der Waals surface area (Å²) < 4.78 is 7.61. The van der Waals surface area contributed by atoms with Gasteiger partial charge in [-0.05, 0) is 53.1 Å². The zero-order valence-electron chi connectivity index (χ0n) is 15.7. The van der Waals surface area contributed by atoms with E-state index in [-0.39, 0.29) is 6.04 Å². The molecule has 1 aromatic heterocycles. The van der Waals surface area contributed by atoms with Gasteiger partial charge in [-0.25, -0.2) is 0 Å². The number of nitrogens with zero attached hydrogens (tertiary/aromatic N) is 1. The summed E-state index contributed by atoms with van der Waals surface area (Å²) in [5.74, 6) is 0.872. The molecule has 0 radical (unpaired) electrons. The molecule has 3 aromatic carbocycles. The van der Waals surface area contributed by atoms with Crippen molar-refractivity contribution in [1.82, 2.24) is 9.88 Å². The van der Waals surface area contributed by atoms with E-state index in [1.165, 1.54) is 21.9 Å². The Bertz CT molecular complexity index is 1030. The summed E-state index contributed by atoms with van der Waals surface area (Å²) in [7, 11) is 1.71. The van der Waals surface area contributed by atoms with Crippen molar-refractivity contribution in [2.75, 3.05) is 7.11 Å². The molecule has 0 bridgehead atoms. The molecule has 1 N–H and O–H groups in total. The van der Waals surface area contributed by atoms with Gasteiger partial charge in [0, 0.05) is 25.0 Å². The van der Waals surface area contributed by atoms with E-state index in [4.69, 9.17) is 4.74 Å². The molecular weight excluding hydrogens is 332 g/mol. The van der Waals surface area contributed by atoms with E-state index in [1.807, 2.05) is 30.6 Å². The van der Waals surface area contributed by atoms with E-state index in [9.17, 15) is 0 Å². The van der Waals surface area contributed by atoms with Crippen LogP contribution < -0.4 is 10.1 Å². The van der Waals surface area contributed by atoms with Crippen LogP contribution in [0.5, 0.6) is 5.75 Å². The third-order valence-electron chi connectivity index (χ3n) is 5.03. The quantitative estimate of drug-likeness (QED) is 0.494. The van der Waals surface area contributed by atoms with E-state index in [0.717, 1.165) is 18.0 Å². The van der Waals surface area contributed by atoms with E-state index < -0.39 is 0 Å². The van der Waals surface area contributed by atoms with Gasteiger partial charge in [0.25, 0.3) is 0 Å². The predicted molar refractivity (Wildman–Crippen MR) is 112 cm³/mol. The maximum atomic E-state index is 5.53. The maximum absolute atomic E-state index is 5.53.